The Hall–Kier alpha value is -3.41. The minimum absolute atomic E-state index is 0.106. The molecular weight excluding hydrogens is 829 g/mol. The summed E-state index contributed by atoms with van der Waals surface area (Å²) in [5.74, 6) is -0.990. The highest BCUT2D eigenvalue weighted by molar-refractivity contribution is 5.71. The van der Waals surface area contributed by atoms with Crippen LogP contribution in [0.1, 0.15) is 265 Å². The molecule has 0 spiro atoms. The van der Waals surface area contributed by atoms with Gasteiger partial charge in [-0.05, 0) is 83.5 Å². The van der Waals surface area contributed by atoms with Crippen molar-refractivity contribution in [3.8, 4) is 0 Å². The van der Waals surface area contributed by atoms with E-state index in [1.165, 1.54) is 141 Å². The van der Waals surface area contributed by atoms with Crippen molar-refractivity contribution in [3.63, 3.8) is 0 Å². The van der Waals surface area contributed by atoms with Gasteiger partial charge < -0.3 is 14.2 Å². The number of hydrogen-bond donors (Lipinski definition) is 0. The standard InChI is InChI=1S/C61H104O6/c1-4-7-10-13-16-19-22-25-27-29-30-32-34-37-40-43-46-49-52-55-61(64)67-58(56-65-59(62)53-50-47-44-41-38-35-24-21-18-15-12-9-6-3)57-66-60(63)54-51-48-45-42-39-36-33-31-28-26-23-20-17-14-11-8-5-2/h7,10,16,19,25-28,30,32,37,40,46,49,58H,4-6,8-9,11-15,17-18,20-24,29,31,33-36,38-39,41-45,47-48,50-57H2,1-3H3/b10-7-,19-16-,27-25-,28-26-,32-30-,40-37-,49-46-/t58-/m0/s1. The SMILES string of the molecule is CC/C=C\C/C=C\C/C=C\C/C=C\C/C=C\C/C=C\CCC(=O)O[C@H](COC(=O)CCCCCCCCC/C=C\CCCCCCCC)COC(=O)CCCCCCCCCCCCCCC. The van der Waals surface area contributed by atoms with Crippen molar-refractivity contribution in [2.75, 3.05) is 13.2 Å². The summed E-state index contributed by atoms with van der Waals surface area (Å²) in [7, 11) is 0. The Kier molecular flexibility index (Phi) is 52.4. The van der Waals surface area contributed by atoms with Gasteiger partial charge in [-0.25, -0.2) is 0 Å². The molecule has 0 unspecified atom stereocenters. The fourth-order valence-corrected chi connectivity index (χ4v) is 7.70. The number of carbonyl (C=O) groups is 3. The van der Waals surface area contributed by atoms with Crippen LogP contribution in [0.4, 0.5) is 0 Å². The lowest BCUT2D eigenvalue weighted by Gasteiger charge is -2.18. The van der Waals surface area contributed by atoms with Crippen molar-refractivity contribution in [1.29, 1.82) is 0 Å². The molecule has 6 heteroatoms. The van der Waals surface area contributed by atoms with Gasteiger partial charge >= 0.3 is 17.9 Å². The van der Waals surface area contributed by atoms with Gasteiger partial charge in [-0.15, -0.1) is 0 Å². The van der Waals surface area contributed by atoms with Crippen molar-refractivity contribution >= 4 is 17.9 Å². The van der Waals surface area contributed by atoms with E-state index in [1.54, 1.807) is 0 Å². The van der Waals surface area contributed by atoms with Gasteiger partial charge in [0, 0.05) is 19.3 Å². The first-order valence-corrected chi connectivity index (χ1v) is 28.1. The normalized spacial score (nSPS) is 12.7. The summed E-state index contributed by atoms with van der Waals surface area (Å²) < 4.78 is 16.8. The monoisotopic (exact) mass is 933 g/mol. The summed E-state index contributed by atoms with van der Waals surface area (Å²) in [6.07, 6.45) is 71.5. The van der Waals surface area contributed by atoms with Crippen LogP contribution in [0, 0.1) is 0 Å². The second-order valence-electron chi connectivity index (χ2n) is 18.5. The van der Waals surface area contributed by atoms with Crippen molar-refractivity contribution in [3.05, 3.63) is 85.1 Å². The molecule has 0 radical (unpaired) electrons. The summed E-state index contributed by atoms with van der Waals surface area (Å²) >= 11 is 0. The molecule has 0 saturated carbocycles. The minimum atomic E-state index is -0.817. The number of carbonyl (C=O) groups excluding carboxylic acids is 3. The average molecular weight is 933 g/mol. The Morgan fingerprint density at radius 3 is 0.970 bits per heavy atom. The first-order chi connectivity index (χ1) is 33.0. The molecule has 0 aliphatic heterocycles. The largest absolute Gasteiger partial charge is 0.462 e. The number of unbranched alkanes of at least 4 members (excludes halogenated alkanes) is 25. The van der Waals surface area contributed by atoms with Crippen LogP contribution in [0.5, 0.6) is 0 Å². The number of allylic oxidation sites excluding steroid dienone is 14. The quantitative estimate of drug-likeness (QED) is 0.0262. The van der Waals surface area contributed by atoms with Crippen LogP contribution >= 0.6 is 0 Å². The van der Waals surface area contributed by atoms with Crippen LogP contribution in [-0.4, -0.2) is 37.2 Å². The Morgan fingerprint density at radius 1 is 0.313 bits per heavy atom. The van der Waals surface area contributed by atoms with E-state index in [-0.39, 0.29) is 31.6 Å². The summed E-state index contributed by atoms with van der Waals surface area (Å²) in [5, 5.41) is 0. The summed E-state index contributed by atoms with van der Waals surface area (Å²) in [5.41, 5.74) is 0. The van der Waals surface area contributed by atoms with E-state index in [0.29, 0.717) is 19.3 Å². The van der Waals surface area contributed by atoms with Crippen LogP contribution in [0.15, 0.2) is 85.1 Å². The molecule has 67 heavy (non-hydrogen) atoms. The third-order valence-corrected chi connectivity index (χ3v) is 11.9. The van der Waals surface area contributed by atoms with Crippen molar-refractivity contribution in [1.82, 2.24) is 0 Å². The van der Waals surface area contributed by atoms with Gasteiger partial charge in [-0.3, -0.25) is 14.4 Å². The van der Waals surface area contributed by atoms with Gasteiger partial charge in [0.25, 0.3) is 0 Å². The maximum absolute atomic E-state index is 12.8. The Balaban J connectivity index is 4.49. The molecule has 1 atom stereocenters. The van der Waals surface area contributed by atoms with E-state index in [4.69, 9.17) is 14.2 Å². The zero-order valence-electron chi connectivity index (χ0n) is 43.9. The molecule has 0 rings (SSSR count). The zero-order valence-corrected chi connectivity index (χ0v) is 43.9. The van der Waals surface area contributed by atoms with Crippen LogP contribution < -0.4 is 0 Å². The number of hydrogen-bond acceptors (Lipinski definition) is 6. The molecule has 0 heterocycles. The number of ether oxygens (including phenoxy) is 3. The highest BCUT2D eigenvalue weighted by Gasteiger charge is 2.19. The molecule has 0 aliphatic rings. The molecule has 0 N–H and O–H groups in total. The van der Waals surface area contributed by atoms with Gasteiger partial charge in [-0.2, -0.15) is 0 Å². The lowest BCUT2D eigenvalue weighted by atomic mass is 10.0. The smallest absolute Gasteiger partial charge is 0.306 e. The van der Waals surface area contributed by atoms with Crippen LogP contribution in [-0.2, 0) is 28.6 Å². The van der Waals surface area contributed by atoms with Crippen LogP contribution in [0.25, 0.3) is 0 Å². The fraction of sp³-hybridized carbons (Fsp3) is 0.721. The lowest BCUT2D eigenvalue weighted by Crippen LogP contribution is -2.30. The van der Waals surface area contributed by atoms with Crippen LogP contribution in [0.3, 0.4) is 0 Å². The molecule has 0 aromatic heterocycles. The molecule has 0 fully saturated rings. The second kappa shape index (κ2) is 55.2. The molecule has 0 aromatic carbocycles. The molecule has 0 aliphatic carbocycles. The Labute approximate surface area is 414 Å². The highest BCUT2D eigenvalue weighted by Crippen LogP contribution is 2.15. The Morgan fingerprint density at radius 2 is 0.612 bits per heavy atom. The Bertz CT molecular complexity index is 1300. The molecule has 0 saturated heterocycles. The van der Waals surface area contributed by atoms with Crippen molar-refractivity contribution in [2.45, 2.75) is 271 Å². The van der Waals surface area contributed by atoms with Gasteiger partial charge in [0.2, 0.25) is 0 Å². The third kappa shape index (κ3) is 53.4. The van der Waals surface area contributed by atoms with Crippen molar-refractivity contribution in [2.24, 2.45) is 0 Å². The summed E-state index contributed by atoms with van der Waals surface area (Å²) in [6.45, 7) is 6.47. The van der Waals surface area contributed by atoms with Gasteiger partial charge in [0.05, 0.1) is 0 Å². The van der Waals surface area contributed by atoms with Gasteiger partial charge in [-0.1, -0.05) is 247 Å². The van der Waals surface area contributed by atoms with E-state index in [9.17, 15) is 14.4 Å². The maximum atomic E-state index is 12.8. The first kappa shape index (κ1) is 63.6. The van der Waals surface area contributed by atoms with Gasteiger partial charge in [0.15, 0.2) is 6.10 Å². The molecular formula is C61H104O6. The van der Waals surface area contributed by atoms with E-state index >= 15 is 0 Å². The molecule has 384 valence electrons. The van der Waals surface area contributed by atoms with E-state index in [2.05, 4.69) is 99.8 Å². The summed E-state index contributed by atoms with van der Waals surface area (Å²) in [4.78, 5) is 38.1. The highest BCUT2D eigenvalue weighted by atomic mass is 16.6. The fourth-order valence-electron chi connectivity index (χ4n) is 7.70. The molecule has 6 nitrogen and oxygen atoms in total. The lowest BCUT2D eigenvalue weighted by molar-refractivity contribution is -0.166. The summed E-state index contributed by atoms with van der Waals surface area (Å²) in [6, 6.07) is 0. The van der Waals surface area contributed by atoms with E-state index in [1.807, 2.05) is 6.08 Å². The number of rotatable bonds is 50. The third-order valence-electron chi connectivity index (χ3n) is 11.9. The molecule has 0 amide bonds. The van der Waals surface area contributed by atoms with Crippen LogP contribution in [0.2, 0.25) is 0 Å². The predicted octanol–water partition coefficient (Wildman–Crippen LogP) is 18.8. The molecule has 0 aromatic rings. The average Bonchev–Trinajstić information content (AvgIpc) is 3.33. The van der Waals surface area contributed by atoms with Crippen molar-refractivity contribution < 1.29 is 28.6 Å². The maximum Gasteiger partial charge on any atom is 0.306 e. The van der Waals surface area contributed by atoms with E-state index in [0.717, 1.165) is 77.0 Å². The number of esters is 3. The first-order valence-electron chi connectivity index (χ1n) is 28.1. The topological polar surface area (TPSA) is 78.9 Å². The second-order valence-corrected chi connectivity index (χ2v) is 18.5. The predicted molar refractivity (Wildman–Crippen MR) is 288 cm³/mol. The zero-order chi connectivity index (χ0) is 48.6. The minimum Gasteiger partial charge on any atom is -0.462 e. The molecule has 0 bridgehead atoms. The van der Waals surface area contributed by atoms with Gasteiger partial charge in [0.1, 0.15) is 13.2 Å². The van der Waals surface area contributed by atoms with E-state index < -0.39 is 12.1 Å².